The van der Waals surface area contributed by atoms with Crippen LogP contribution in [0.5, 0.6) is 0 Å². The van der Waals surface area contributed by atoms with Crippen LogP contribution in [0.15, 0.2) is 5.11 Å². The summed E-state index contributed by atoms with van der Waals surface area (Å²) in [7, 11) is 0. The van der Waals surface area contributed by atoms with Crippen molar-refractivity contribution in [1.82, 2.24) is 0 Å². The number of ether oxygens (including phenoxy) is 5. The number of aliphatic carboxylic acids is 1. The third-order valence-electron chi connectivity index (χ3n) is 3.93. The molecular weight excluding hydrogens is 310 g/mol. The zero-order valence-electron chi connectivity index (χ0n) is 13.2. The summed E-state index contributed by atoms with van der Waals surface area (Å²) < 4.78 is 28.8. The molecule has 10 nitrogen and oxygen atoms in total. The van der Waals surface area contributed by atoms with Crippen molar-refractivity contribution in [1.29, 1.82) is 0 Å². The Hall–Kier alpha value is -1.42. The monoisotopic (exact) mass is 329 g/mol. The van der Waals surface area contributed by atoms with Crippen LogP contribution < -0.4 is 0 Å². The number of carboxylic acids is 1. The van der Waals surface area contributed by atoms with Gasteiger partial charge in [0.2, 0.25) is 0 Å². The van der Waals surface area contributed by atoms with Gasteiger partial charge in [-0.15, -0.1) is 0 Å². The van der Waals surface area contributed by atoms with Crippen LogP contribution in [-0.2, 0) is 28.5 Å². The lowest BCUT2D eigenvalue weighted by molar-refractivity contribution is -0.238. The third-order valence-corrected chi connectivity index (χ3v) is 3.93. The normalized spacial score (nSPS) is 41.5. The van der Waals surface area contributed by atoms with Crippen molar-refractivity contribution in [3.05, 3.63) is 10.4 Å². The van der Waals surface area contributed by atoms with Gasteiger partial charge in [0, 0.05) is 4.91 Å². The van der Waals surface area contributed by atoms with Crippen LogP contribution in [0.2, 0.25) is 0 Å². The maximum Gasteiger partial charge on any atom is 0.315 e. The van der Waals surface area contributed by atoms with Crippen LogP contribution in [0, 0.1) is 0 Å². The van der Waals surface area contributed by atoms with Gasteiger partial charge in [0.25, 0.3) is 0 Å². The Morgan fingerprint density at radius 1 is 1.09 bits per heavy atom. The fourth-order valence-electron chi connectivity index (χ4n) is 3.21. The average Bonchev–Trinajstić information content (AvgIpc) is 2.89. The molecule has 6 atom stereocenters. The molecular formula is C13H19N3O7. The van der Waals surface area contributed by atoms with Gasteiger partial charge in [-0.1, -0.05) is 5.11 Å². The Bertz CT molecular complexity index is 558. The zero-order valence-corrected chi connectivity index (χ0v) is 13.2. The fourth-order valence-corrected chi connectivity index (χ4v) is 3.21. The molecule has 0 aromatic heterocycles. The summed E-state index contributed by atoms with van der Waals surface area (Å²) in [6.45, 7) is 6.87. The van der Waals surface area contributed by atoms with E-state index in [4.69, 9.17) is 29.2 Å². The number of fused-ring (bicyclic) bond motifs is 3. The molecule has 10 heteroatoms. The molecule has 0 aromatic carbocycles. The zero-order chi connectivity index (χ0) is 17.0. The standard InChI is InChI=1S/C13H19N3O7/c1-12(2)20-7-6(5(10(17)18)15-16-14)19-11-9(8(7)21-12)22-13(3,4)23-11/h5-9,11H,1-4H3,(H,17,18)/t5?,6-,7+,8+,9-,11-/m1/s1. The van der Waals surface area contributed by atoms with Crippen LogP contribution in [-0.4, -0.2) is 59.4 Å². The summed E-state index contributed by atoms with van der Waals surface area (Å²) in [6.07, 6.45) is -3.78. The first-order chi connectivity index (χ1) is 10.6. The van der Waals surface area contributed by atoms with E-state index in [1.165, 1.54) is 0 Å². The van der Waals surface area contributed by atoms with Crippen LogP contribution in [0.1, 0.15) is 27.7 Å². The van der Waals surface area contributed by atoms with E-state index in [0.717, 1.165) is 0 Å². The molecule has 23 heavy (non-hydrogen) atoms. The molecule has 0 amide bonds. The highest BCUT2D eigenvalue weighted by Crippen LogP contribution is 2.45. The molecule has 0 radical (unpaired) electrons. The molecule has 1 unspecified atom stereocenters. The Kier molecular flexibility index (Phi) is 3.79. The van der Waals surface area contributed by atoms with E-state index >= 15 is 0 Å². The quantitative estimate of drug-likeness (QED) is 0.466. The third kappa shape index (κ3) is 2.89. The number of hydrogen-bond donors (Lipinski definition) is 1. The van der Waals surface area contributed by atoms with Crippen molar-refractivity contribution < 1.29 is 33.6 Å². The largest absolute Gasteiger partial charge is 0.481 e. The minimum absolute atomic E-state index is 0.562. The summed E-state index contributed by atoms with van der Waals surface area (Å²) in [5.74, 6) is -3.15. The van der Waals surface area contributed by atoms with Crippen LogP contribution in [0.4, 0.5) is 0 Å². The highest BCUT2D eigenvalue weighted by Gasteiger charge is 2.62. The summed E-state index contributed by atoms with van der Waals surface area (Å²) in [6, 6.07) is -1.46. The molecule has 3 fully saturated rings. The van der Waals surface area contributed by atoms with Gasteiger partial charge in [-0.05, 0) is 33.2 Å². The fraction of sp³-hybridized carbons (Fsp3) is 0.923. The molecule has 3 saturated heterocycles. The SMILES string of the molecule is CC1(C)O[C@H]2[C@@H](O1)[C@@H](C(N=[N+]=[N-])C(=O)O)O[C@@H]1OC(C)(C)O[C@@H]12. The molecule has 3 aliphatic heterocycles. The van der Waals surface area contributed by atoms with Crippen molar-refractivity contribution in [3.8, 4) is 0 Å². The maximum atomic E-state index is 11.4. The second-order valence-corrected chi connectivity index (χ2v) is 6.62. The van der Waals surface area contributed by atoms with Crippen LogP contribution in [0.25, 0.3) is 10.4 Å². The van der Waals surface area contributed by atoms with Gasteiger partial charge in [-0.3, -0.25) is 4.79 Å². The summed E-state index contributed by atoms with van der Waals surface area (Å²) in [5, 5.41) is 12.7. The van der Waals surface area contributed by atoms with E-state index in [1.54, 1.807) is 27.7 Å². The number of azide groups is 1. The second kappa shape index (κ2) is 5.30. The first-order valence-electron chi connectivity index (χ1n) is 7.27. The molecule has 128 valence electrons. The minimum Gasteiger partial charge on any atom is -0.481 e. The molecule has 0 aromatic rings. The number of rotatable bonds is 3. The Labute approximate surface area is 132 Å². The van der Waals surface area contributed by atoms with Gasteiger partial charge in [0.05, 0.1) is 0 Å². The highest BCUT2D eigenvalue weighted by molar-refractivity contribution is 5.74. The lowest BCUT2D eigenvalue weighted by Gasteiger charge is -2.38. The topological polar surface area (TPSA) is 132 Å². The maximum absolute atomic E-state index is 11.4. The van der Waals surface area contributed by atoms with Gasteiger partial charge in [0.15, 0.2) is 23.9 Å². The van der Waals surface area contributed by atoms with E-state index < -0.39 is 54.3 Å². The summed E-state index contributed by atoms with van der Waals surface area (Å²) in [4.78, 5) is 14.0. The summed E-state index contributed by atoms with van der Waals surface area (Å²) >= 11 is 0. The van der Waals surface area contributed by atoms with E-state index in [9.17, 15) is 9.90 Å². The van der Waals surface area contributed by atoms with Gasteiger partial charge in [-0.25, -0.2) is 0 Å². The van der Waals surface area contributed by atoms with Crippen molar-refractivity contribution in [2.75, 3.05) is 0 Å². The second-order valence-electron chi connectivity index (χ2n) is 6.62. The van der Waals surface area contributed by atoms with E-state index in [1.807, 2.05) is 0 Å². The Balaban J connectivity index is 1.95. The first-order valence-corrected chi connectivity index (χ1v) is 7.27. The number of carbonyl (C=O) groups is 1. The lowest BCUT2D eigenvalue weighted by Crippen LogP contribution is -2.59. The minimum atomic E-state index is -1.46. The van der Waals surface area contributed by atoms with E-state index in [-0.39, 0.29) is 0 Å². The molecule has 3 heterocycles. The van der Waals surface area contributed by atoms with Gasteiger partial charge in [-0.2, -0.15) is 0 Å². The molecule has 0 aliphatic carbocycles. The molecule has 1 N–H and O–H groups in total. The lowest BCUT2D eigenvalue weighted by atomic mass is 9.94. The van der Waals surface area contributed by atoms with Crippen molar-refractivity contribution in [2.45, 2.75) is 76.0 Å². The predicted molar refractivity (Wildman–Crippen MR) is 73.1 cm³/mol. The molecule has 0 spiro atoms. The van der Waals surface area contributed by atoms with Crippen molar-refractivity contribution >= 4 is 5.97 Å². The van der Waals surface area contributed by atoms with E-state index in [0.29, 0.717) is 0 Å². The Morgan fingerprint density at radius 2 is 1.65 bits per heavy atom. The number of nitrogens with zero attached hydrogens (tertiary/aromatic N) is 3. The van der Waals surface area contributed by atoms with Gasteiger partial charge < -0.3 is 28.8 Å². The van der Waals surface area contributed by atoms with Gasteiger partial charge >= 0.3 is 5.97 Å². The molecule has 0 saturated carbocycles. The molecule has 3 rings (SSSR count). The van der Waals surface area contributed by atoms with Gasteiger partial charge in [0.1, 0.15) is 24.4 Å². The van der Waals surface area contributed by atoms with E-state index in [2.05, 4.69) is 10.0 Å². The Morgan fingerprint density at radius 3 is 2.26 bits per heavy atom. The molecule has 3 aliphatic rings. The van der Waals surface area contributed by atoms with Crippen LogP contribution in [0.3, 0.4) is 0 Å². The van der Waals surface area contributed by atoms with Crippen molar-refractivity contribution in [2.24, 2.45) is 5.11 Å². The van der Waals surface area contributed by atoms with Crippen LogP contribution >= 0.6 is 0 Å². The predicted octanol–water partition coefficient (Wildman–Crippen LogP) is 1.15. The number of hydrogen-bond acceptors (Lipinski definition) is 7. The van der Waals surface area contributed by atoms with Crippen molar-refractivity contribution in [3.63, 3.8) is 0 Å². The smallest absolute Gasteiger partial charge is 0.315 e. The number of carboxylic acid groups (broad SMARTS) is 1. The highest BCUT2D eigenvalue weighted by atomic mass is 16.9. The summed E-state index contributed by atoms with van der Waals surface area (Å²) in [5.41, 5.74) is 8.64. The average molecular weight is 329 g/mol. The first kappa shape index (κ1) is 16.4. The molecule has 0 bridgehead atoms.